The summed E-state index contributed by atoms with van der Waals surface area (Å²) in [6.07, 6.45) is 3.67. The van der Waals surface area contributed by atoms with Crippen molar-refractivity contribution >= 4 is 0 Å². The maximum absolute atomic E-state index is 4.50. The van der Waals surface area contributed by atoms with Crippen LogP contribution in [0.1, 0.15) is 0 Å². The molecule has 0 amide bonds. The molecule has 2 aromatic heterocycles. The molecule has 2 nitrogen and oxygen atoms in total. The summed E-state index contributed by atoms with van der Waals surface area (Å²) in [4.78, 5) is 9.00. The number of pyridine rings is 2. The second-order valence-electron chi connectivity index (χ2n) is 10.3. The van der Waals surface area contributed by atoms with Crippen LogP contribution in [0.3, 0.4) is 0 Å². The predicted molar refractivity (Wildman–Crippen MR) is 175 cm³/mol. The van der Waals surface area contributed by atoms with Crippen LogP contribution in [0.5, 0.6) is 0 Å². The molecule has 5 aromatic carbocycles. The quantitative estimate of drug-likeness (QED) is 0.211. The van der Waals surface area contributed by atoms with E-state index in [1.165, 1.54) is 44.5 Å². The molecular formula is C40H28N2. The van der Waals surface area contributed by atoms with E-state index in [9.17, 15) is 0 Å². The van der Waals surface area contributed by atoms with E-state index in [-0.39, 0.29) is 0 Å². The van der Waals surface area contributed by atoms with E-state index in [0.29, 0.717) is 0 Å². The second-order valence-corrected chi connectivity index (χ2v) is 10.3. The molecule has 0 spiro atoms. The molecule has 2 heteroatoms. The molecule has 0 fully saturated rings. The minimum absolute atomic E-state index is 0.982. The lowest BCUT2D eigenvalue weighted by molar-refractivity contribution is 1.33. The van der Waals surface area contributed by atoms with Crippen LogP contribution < -0.4 is 0 Å². The molecule has 0 N–H and O–H groups in total. The average molecular weight is 537 g/mol. The summed E-state index contributed by atoms with van der Waals surface area (Å²) < 4.78 is 0. The van der Waals surface area contributed by atoms with Gasteiger partial charge in [0.2, 0.25) is 0 Å². The molecule has 0 aliphatic carbocycles. The first-order valence-electron chi connectivity index (χ1n) is 14.2. The highest BCUT2D eigenvalue weighted by atomic mass is 14.7. The predicted octanol–water partition coefficient (Wildman–Crippen LogP) is 10.5. The summed E-state index contributed by atoms with van der Waals surface area (Å²) in [6.45, 7) is 0. The molecule has 0 saturated carbocycles. The zero-order valence-corrected chi connectivity index (χ0v) is 23.1. The van der Waals surface area contributed by atoms with Crippen LogP contribution >= 0.6 is 0 Å². The van der Waals surface area contributed by atoms with Crippen LogP contribution in [-0.4, -0.2) is 9.97 Å². The van der Waals surface area contributed by atoms with Crippen molar-refractivity contribution in [3.05, 3.63) is 170 Å². The smallest absolute Gasteiger partial charge is 0.0701 e. The highest BCUT2D eigenvalue weighted by Crippen LogP contribution is 2.38. The van der Waals surface area contributed by atoms with Gasteiger partial charge >= 0.3 is 0 Å². The molecule has 0 saturated heterocycles. The molecular weight excluding hydrogens is 508 g/mol. The zero-order valence-electron chi connectivity index (χ0n) is 23.1. The van der Waals surface area contributed by atoms with Gasteiger partial charge in [0, 0.05) is 23.5 Å². The Bertz CT molecular complexity index is 1800. The van der Waals surface area contributed by atoms with Crippen LogP contribution in [0, 0.1) is 0 Å². The van der Waals surface area contributed by atoms with Crippen LogP contribution in [0.25, 0.3) is 67.0 Å². The van der Waals surface area contributed by atoms with Crippen molar-refractivity contribution < 1.29 is 0 Å². The van der Waals surface area contributed by atoms with E-state index in [0.717, 1.165) is 22.5 Å². The molecule has 198 valence electrons. The van der Waals surface area contributed by atoms with Gasteiger partial charge in [0.1, 0.15) is 0 Å². The van der Waals surface area contributed by atoms with Crippen LogP contribution in [0.2, 0.25) is 0 Å². The number of aromatic nitrogens is 2. The first-order chi connectivity index (χ1) is 20.8. The molecule has 7 rings (SSSR count). The van der Waals surface area contributed by atoms with Crippen molar-refractivity contribution in [2.24, 2.45) is 0 Å². The fourth-order valence-electron chi connectivity index (χ4n) is 5.54. The summed E-state index contributed by atoms with van der Waals surface area (Å²) in [5.74, 6) is 0. The van der Waals surface area contributed by atoms with E-state index in [1.54, 1.807) is 0 Å². The Labute approximate surface area is 246 Å². The Morgan fingerprint density at radius 1 is 0.262 bits per heavy atom. The monoisotopic (exact) mass is 536 g/mol. The van der Waals surface area contributed by atoms with Gasteiger partial charge < -0.3 is 0 Å². The third-order valence-electron chi connectivity index (χ3n) is 7.65. The van der Waals surface area contributed by atoms with Crippen molar-refractivity contribution in [2.45, 2.75) is 0 Å². The van der Waals surface area contributed by atoms with Crippen molar-refractivity contribution in [1.82, 2.24) is 9.97 Å². The lowest BCUT2D eigenvalue weighted by Gasteiger charge is -2.14. The molecule has 0 unspecified atom stereocenters. The zero-order chi connectivity index (χ0) is 28.1. The number of hydrogen-bond acceptors (Lipinski definition) is 2. The molecule has 0 radical (unpaired) electrons. The average Bonchev–Trinajstić information content (AvgIpc) is 3.09. The molecule has 0 aliphatic rings. The SMILES string of the molecule is c1ccc(-c2ccc(-c3ccccc3-c3cccc(-c4ccccc4-c4ccc(-c5ccccn5)cc4)c3)cc2)nc1. The Morgan fingerprint density at radius 3 is 1.00 bits per heavy atom. The van der Waals surface area contributed by atoms with Gasteiger partial charge in [-0.1, -0.05) is 127 Å². The van der Waals surface area contributed by atoms with Gasteiger partial charge in [0.25, 0.3) is 0 Å². The first-order valence-corrected chi connectivity index (χ1v) is 14.2. The van der Waals surface area contributed by atoms with Crippen molar-refractivity contribution in [2.75, 3.05) is 0 Å². The van der Waals surface area contributed by atoms with Gasteiger partial charge in [-0.2, -0.15) is 0 Å². The van der Waals surface area contributed by atoms with Gasteiger partial charge in [-0.15, -0.1) is 0 Å². The topological polar surface area (TPSA) is 25.8 Å². The number of nitrogens with zero attached hydrogens (tertiary/aromatic N) is 2. The third-order valence-corrected chi connectivity index (χ3v) is 7.65. The maximum atomic E-state index is 4.50. The summed E-state index contributed by atoms with van der Waals surface area (Å²) >= 11 is 0. The molecule has 42 heavy (non-hydrogen) atoms. The summed E-state index contributed by atoms with van der Waals surface area (Å²) in [7, 11) is 0. The van der Waals surface area contributed by atoms with E-state index >= 15 is 0 Å². The van der Waals surface area contributed by atoms with Gasteiger partial charge in [0.15, 0.2) is 0 Å². The fourth-order valence-corrected chi connectivity index (χ4v) is 5.54. The summed E-state index contributed by atoms with van der Waals surface area (Å²) in [5, 5.41) is 0. The molecule has 0 aliphatic heterocycles. The van der Waals surface area contributed by atoms with Gasteiger partial charge in [-0.3, -0.25) is 9.97 Å². The van der Waals surface area contributed by atoms with Gasteiger partial charge in [-0.05, 0) is 74.8 Å². The minimum atomic E-state index is 0.982. The number of hydrogen-bond donors (Lipinski definition) is 0. The molecule has 7 aromatic rings. The third kappa shape index (κ3) is 5.14. The number of rotatable bonds is 6. The molecule has 0 bridgehead atoms. The fraction of sp³-hybridized carbons (Fsp3) is 0. The van der Waals surface area contributed by atoms with E-state index in [1.807, 2.05) is 48.8 Å². The Kier molecular flexibility index (Phi) is 6.94. The lowest BCUT2D eigenvalue weighted by atomic mass is 9.90. The lowest BCUT2D eigenvalue weighted by Crippen LogP contribution is -1.89. The van der Waals surface area contributed by atoms with Crippen molar-refractivity contribution in [3.63, 3.8) is 0 Å². The highest BCUT2D eigenvalue weighted by molar-refractivity contribution is 5.89. The van der Waals surface area contributed by atoms with E-state index < -0.39 is 0 Å². The van der Waals surface area contributed by atoms with Crippen molar-refractivity contribution in [1.29, 1.82) is 0 Å². The second kappa shape index (κ2) is 11.5. The van der Waals surface area contributed by atoms with Crippen molar-refractivity contribution in [3.8, 4) is 67.0 Å². The van der Waals surface area contributed by atoms with Crippen LogP contribution in [-0.2, 0) is 0 Å². The van der Waals surface area contributed by atoms with E-state index in [4.69, 9.17) is 0 Å². The molecule has 2 heterocycles. The summed E-state index contributed by atoms with van der Waals surface area (Å²) in [6, 6.07) is 55.6. The molecule has 0 atom stereocenters. The first kappa shape index (κ1) is 25.4. The van der Waals surface area contributed by atoms with Crippen LogP contribution in [0.15, 0.2) is 170 Å². The normalized spacial score (nSPS) is 10.9. The van der Waals surface area contributed by atoms with E-state index in [2.05, 4.69) is 131 Å². The van der Waals surface area contributed by atoms with Crippen LogP contribution in [0.4, 0.5) is 0 Å². The Balaban J connectivity index is 1.23. The largest absolute Gasteiger partial charge is 0.256 e. The van der Waals surface area contributed by atoms with Gasteiger partial charge in [-0.25, -0.2) is 0 Å². The summed E-state index contributed by atoms with van der Waals surface area (Å²) in [5.41, 5.74) is 13.8. The standard InChI is InChI=1S/C40H28N2/c1-3-14-37(35(12-1)29-18-22-31(23-19-29)39-16-5-7-26-41-39)33-10-9-11-34(28-33)38-15-4-2-13-36(38)30-20-24-32(25-21-30)40-17-6-8-27-42-40/h1-28H. The highest BCUT2D eigenvalue weighted by Gasteiger charge is 2.12. The maximum Gasteiger partial charge on any atom is 0.0701 e. The Hall–Kier alpha value is -5.60. The Morgan fingerprint density at radius 2 is 0.619 bits per heavy atom. The number of benzene rings is 5. The van der Waals surface area contributed by atoms with Gasteiger partial charge in [0.05, 0.1) is 11.4 Å². The minimum Gasteiger partial charge on any atom is -0.256 e.